The molecule has 0 aromatic heterocycles. The molecule has 1 N–H and O–H groups in total. The van der Waals surface area contributed by atoms with Gasteiger partial charge in [0.15, 0.2) is 0 Å². The molecule has 0 aliphatic rings. The molecule has 0 aromatic carbocycles. The normalized spacial score (nSPS) is 9.88. The van der Waals surface area contributed by atoms with Crippen LogP contribution in [0.3, 0.4) is 0 Å². The van der Waals surface area contributed by atoms with Crippen LogP contribution in [0.25, 0.3) is 0 Å². The summed E-state index contributed by atoms with van der Waals surface area (Å²) in [5.41, 5.74) is -0.583. The number of hydrogen-bond acceptors (Lipinski definition) is 1. The van der Waals surface area contributed by atoms with Gasteiger partial charge in [-0.15, -0.1) is 0 Å². The fourth-order valence-corrected chi connectivity index (χ4v) is 0. The van der Waals surface area contributed by atoms with E-state index < -0.39 is 11.4 Å². The molecular weight excluding hydrogens is 251 g/mol. The topological polar surface area (TPSA) is 37.3 Å². The number of carboxylic acid groups (broad SMARTS) is 1. The molecular formula is C5H10O2Tb. The molecule has 0 rings (SSSR count). The molecule has 8 heavy (non-hydrogen) atoms. The molecule has 3 heteroatoms. The van der Waals surface area contributed by atoms with Crippen LogP contribution >= 0.6 is 0 Å². The van der Waals surface area contributed by atoms with Gasteiger partial charge in [0.1, 0.15) is 0 Å². The Morgan fingerprint density at radius 1 is 1.38 bits per heavy atom. The van der Waals surface area contributed by atoms with E-state index in [9.17, 15) is 4.79 Å². The third kappa shape index (κ3) is 4.90. The first kappa shape index (κ1) is 11.5. The van der Waals surface area contributed by atoms with Gasteiger partial charge in [-0.2, -0.15) is 0 Å². The quantitative estimate of drug-likeness (QED) is 0.709. The van der Waals surface area contributed by atoms with Crippen molar-refractivity contribution < 1.29 is 48.5 Å². The second-order valence-electron chi connectivity index (χ2n) is 2.56. The zero-order chi connectivity index (χ0) is 6.08. The van der Waals surface area contributed by atoms with E-state index in [0.29, 0.717) is 0 Å². The number of rotatable bonds is 0. The summed E-state index contributed by atoms with van der Waals surface area (Å²) in [5.74, 6) is -0.757. The van der Waals surface area contributed by atoms with Crippen molar-refractivity contribution in [2.45, 2.75) is 20.8 Å². The molecule has 0 aliphatic carbocycles. The molecule has 0 heterocycles. The molecule has 0 bridgehead atoms. The van der Waals surface area contributed by atoms with Crippen LogP contribution in [0.4, 0.5) is 0 Å². The zero-order valence-electron chi connectivity index (χ0n) is 5.19. The average Bonchev–Trinajstić information content (AvgIpc) is 1.31. The Kier molecular flexibility index (Phi) is 5.36. The van der Waals surface area contributed by atoms with Crippen molar-refractivity contribution in [2.75, 3.05) is 0 Å². The van der Waals surface area contributed by atoms with Gasteiger partial charge in [0.05, 0.1) is 5.41 Å². The molecule has 2 nitrogen and oxygen atoms in total. The molecule has 0 atom stereocenters. The molecule has 0 saturated heterocycles. The Hall–Kier alpha value is 0.756. The average molecular weight is 261 g/mol. The van der Waals surface area contributed by atoms with Crippen LogP contribution in [0.1, 0.15) is 20.8 Å². The SMILES string of the molecule is CC(C)(C)C(=O)O.[Tb]. The second-order valence-corrected chi connectivity index (χ2v) is 2.56. The Morgan fingerprint density at radius 2 is 1.50 bits per heavy atom. The van der Waals surface area contributed by atoms with Crippen LogP contribution in [0.2, 0.25) is 0 Å². The Bertz CT molecular complexity index is 82.9. The van der Waals surface area contributed by atoms with Crippen molar-refractivity contribution in [1.82, 2.24) is 0 Å². The molecule has 0 unspecified atom stereocenters. The van der Waals surface area contributed by atoms with Crippen molar-refractivity contribution in [3.8, 4) is 0 Å². The fourth-order valence-electron chi connectivity index (χ4n) is 0. The van der Waals surface area contributed by atoms with Gasteiger partial charge in [-0.3, -0.25) is 4.79 Å². The minimum absolute atomic E-state index is 0. The maximum absolute atomic E-state index is 10.0. The summed E-state index contributed by atoms with van der Waals surface area (Å²) >= 11 is 0. The summed E-state index contributed by atoms with van der Waals surface area (Å²) in [6.07, 6.45) is 0. The van der Waals surface area contributed by atoms with Crippen LogP contribution in [0, 0.1) is 44.0 Å². The summed E-state index contributed by atoms with van der Waals surface area (Å²) in [6, 6.07) is 0. The minimum Gasteiger partial charge on any atom is -0.481 e. The first-order valence-corrected chi connectivity index (χ1v) is 2.18. The van der Waals surface area contributed by atoms with E-state index in [2.05, 4.69) is 0 Å². The summed E-state index contributed by atoms with van der Waals surface area (Å²) in [7, 11) is 0. The fraction of sp³-hybridized carbons (Fsp3) is 0.800. The minimum atomic E-state index is -0.757. The molecule has 51 valence electrons. The largest absolute Gasteiger partial charge is 0.481 e. The maximum Gasteiger partial charge on any atom is 0.308 e. The third-order valence-electron chi connectivity index (χ3n) is 0.642. The van der Waals surface area contributed by atoms with Crippen LogP contribution in [0.15, 0.2) is 0 Å². The van der Waals surface area contributed by atoms with E-state index >= 15 is 0 Å². The monoisotopic (exact) mass is 261 g/mol. The maximum atomic E-state index is 10.0. The van der Waals surface area contributed by atoms with Crippen LogP contribution in [-0.4, -0.2) is 11.1 Å². The second kappa shape index (κ2) is 3.72. The standard InChI is InChI=1S/C5H10O2.Tb/c1-5(2,3)4(6)7;/h1-3H3,(H,6,7);. The van der Waals surface area contributed by atoms with Crippen molar-refractivity contribution in [3.05, 3.63) is 0 Å². The number of hydrogen-bond donors (Lipinski definition) is 1. The molecule has 0 fully saturated rings. The smallest absolute Gasteiger partial charge is 0.308 e. The van der Waals surface area contributed by atoms with Gasteiger partial charge < -0.3 is 5.11 Å². The van der Waals surface area contributed by atoms with Gasteiger partial charge in [-0.25, -0.2) is 0 Å². The summed E-state index contributed by atoms with van der Waals surface area (Å²) in [4.78, 5) is 10.0. The van der Waals surface area contributed by atoms with E-state index in [0.717, 1.165) is 0 Å². The predicted molar refractivity (Wildman–Crippen MR) is 27.1 cm³/mol. The molecule has 0 aliphatic heterocycles. The van der Waals surface area contributed by atoms with E-state index in [1.54, 1.807) is 20.8 Å². The summed E-state index contributed by atoms with van der Waals surface area (Å²) < 4.78 is 0. The molecule has 0 saturated carbocycles. The summed E-state index contributed by atoms with van der Waals surface area (Å²) in [6.45, 7) is 4.99. The predicted octanol–water partition coefficient (Wildman–Crippen LogP) is 1.12. The van der Waals surface area contributed by atoms with Crippen molar-refractivity contribution in [1.29, 1.82) is 0 Å². The summed E-state index contributed by atoms with van der Waals surface area (Å²) in [5, 5.41) is 8.25. The number of carbonyl (C=O) groups is 1. The van der Waals surface area contributed by atoms with E-state index in [-0.39, 0.29) is 38.6 Å². The zero-order valence-corrected chi connectivity index (χ0v) is 7.33. The van der Waals surface area contributed by atoms with Crippen molar-refractivity contribution in [3.63, 3.8) is 0 Å². The number of carboxylic acids is 1. The van der Waals surface area contributed by atoms with Gasteiger partial charge in [0.25, 0.3) is 0 Å². The van der Waals surface area contributed by atoms with Crippen LogP contribution in [0.5, 0.6) is 0 Å². The molecule has 0 amide bonds. The van der Waals surface area contributed by atoms with E-state index in [1.807, 2.05) is 0 Å². The van der Waals surface area contributed by atoms with Gasteiger partial charge in [0, 0.05) is 38.6 Å². The van der Waals surface area contributed by atoms with Gasteiger partial charge in [-0.05, 0) is 20.8 Å². The molecule has 0 spiro atoms. The van der Waals surface area contributed by atoms with Crippen LogP contribution in [-0.2, 0) is 4.79 Å². The van der Waals surface area contributed by atoms with Crippen LogP contribution < -0.4 is 0 Å². The van der Waals surface area contributed by atoms with Gasteiger partial charge in [0.2, 0.25) is 0 Å². The van der Waals surface area contributed by atoms with Crippen molar-refractivity contribution in [2.24, 2.45) is 5.41 Å². The van der Waals surface area contributed by atoms with Gasteiger partial charge >= 0.3 is 5.97 Å². The first-order valence-electron chi connectivity index (χ1n) is 2.18. The Morgan fingerprint density at radius 3 is 1.50 bits per heavy atom. The number of aliphatic carboxylic acids is 1. The van der Waals surface area contributed by atoms with Gasteiger partial charge in [-0.1, -0.05) is 0 Å². The van der Waals surface area contributed by atoms with E-state index in [4.69, 9.17) is 5.11 Å². The van der Waals surface area contributed by atoms with Crippen molar-refractivity contribution >= 4 is 5.97 Å². The third-order valence-corrected chi connectivity index (χ3v) is 0.642. The molecule has 0 aromatic rings. The van der Waals surface area contributed by atoms with E-state index in [1.165, 1.54) is 0 Å². The first-order chi connectivity index (χ1) is 2.94. The Labute approximate surface area is 80.1 Å². The Balaban J connectivity index is 0. The molecule has 1 radical (unpaired) electrons.